The van der Waals surface area contributed by atoms with Gasteiger partial charge >= 0.3 is 0 Å². The summed E-state index contributed by atoms with van der Waals surface area (Å²) in [4.78, 5) is 16.4. The zero-order chi connectivity index (χ0) is 16.2. The van der Waals surface area contributed by atoms with Gasteiger partial charge in [0.25, 0.3) is 5.91 Å². The molecule has 1 aliphatic rings. The highest BCUT2D eigenvalue weighted by Gasteiger charge is 2.24. The molecule has 1 saturated heterocycles. The van der Waals surface area contributed by atoms with E-state index in [0.717, 1.165) is 30.2 Å². The Morgan fingerprint density at radius 2 is 1.65 bits per heavy atom. The van der Waals surface area contributed by atoms with Crippen LogP contribution in [0.2, 0.25) is 5.02 Å². The first-order chi connectivity index (χ1) is 11.1. The number of carbonyl (C=O) groups is 1. The molecular formula is C18H18ClFN2O. The van der Waals surface area contributed by atoms with Crippen molar-refractivity contribution in [3.05, 3.63) is 70.5 Å². The molecule has 0 unspecified atom stereocenters. The number of rotatable bonds is 3. The Hall–Kier alpha value is -1.91. The zero-order valence-electron chi connectivity index (χ0n) is 12.7. The van der Waals surface area contributed by atoms with Gasteiger partial charge in [0.1, 0.15) is 5.82 Å². The first kappa shape index (κ1) is 16.0. The van der Waals surface area contributed by atoms with E-state index < -0.39 is 5.82 Å². The van der Waals surface area contributed by atoms with E-state index in [1.807, 2.05) is 24.3 Å². The van der Waals surface area contributed by atoms with E-state index in [-0.39, 0.29) is 11.5 Å². The van der Waals surface area contributed by atoms with Gasteiger partial charge < -0.3 is 4.90 Å². The van der Waals surface area contributed by atoms with Crippen molar-refractivity contribution >= 4 is 17.5 Å². The summed E-state index contributed by atoms with van der Waals surface area (Å²) in [5.74, 6) is -0.698. The minimum absolute atomic E-state index is 0.145. The van der Waals surface area contributed by atoms with Gasteiger partial charge in [-0.3, -0.25) is 9.69 Å². The van der Waals surface area contributed by atoms with Gasteiger partial charge in [-0.2, -0.15) is 0 Å². The predicted molar refractivity (Wildman–Crippen MR) is 89.0 cm³/mol. The van der Waals surface area contributed by atoms with Crippen LogP contribution in [0.5, 0.6) is 0 Å². The van der Waals surface area contributed by atoms with E-state index in [2.05, 4.69) is 4.90 Å². The molecule has 3 rings (SSSR count). The summed E-state index contributed by atoms with van der Waals surface area (Å²) >= 11 is 6.19. The molecule has 0 radical (unpaired) electrons. The lowest BCUT2D eigenvalue weighted by molar-refractivity contribution is 0.0624. The van der Waals surface area contributed by atoms with Gasteiger partial charge in [0.05, 0.1) is 5.56 Å². The van der Waals surface area contributed by atoms with Crippen LogP contribution in [0.25, 0.3) is 0 Å². The Labute approximate surface area is 140 Å². The molecule has 0 aromatic heterocycles. The number of piperazine rings is 1. The molecule has 23 heavy (non-hydrogen) atoms. The van der Waals surface area contributed by atoms with Crippen LogP contribution in [-0.2, 0) is 6.54 Å². The minimum Gasteiger partial charge on any atom is -0.336 e. The van der Waals surface area contributed by atoms with Crippen molar-refractivity contribution in [3.8, 4) is 0 Å². The van der Waals surface area contributed by atoms with Crippen LogP contribution < -0.4 is 0 Å². The molecule has 2 aromatic rings. The van der Waals surface area contributed by atoms with Crippen molar-refractivity contribution in [3.63, 3.8) is 0 Å². The smallest absolute Gasteiger partial charge is 0.256 e. The van der Waals surface area contributed by atoms with Gasteiger partial charge in [-0.05, 0) is 23.8 Å². The molecule has 1 heterocycles. The third-order valence-electron chi connectivity index (χ3n) is 4.12. The van der Waals surface area contributed by atoms with E-state index in [1.54, 1.807) is 17.0 Å². The predicted octanol–water partition coefficient (Wildman–Crippen LogP) is 3.44. The number of carbonyl (C=O) groups excluding carboxylic acids is 1. The lowest BCUT2D eigenvalue weighted by Crippen LogP contribution is -2.48. The summed E-state index contributed by atoms with van der Waals surface area (Å²) in [5, 5.41) is 0.761. The Morgan fingerprint density at radius 3 is 2.35 bits per heavy atom. The first-order valence-corrected chi connectivity index (χ1v) is 8.02. The summed E-state index contributed by atoms with van der Waals surface area (Å²) < 4.78 is 13.7. The summed E-state index contributed by atoms with van der Waals surface area (Å²) in [6.07, 6.45) is 0. The zero-order valence-corrected chi connectivity index (χ0v) is 13.5. The number of amides is 1. The maximum absolute atomic E-state index is 13.7. The Balaban J connectivity index is 1.59. The Bertz CT molecular complexity index is 699. The molecule has 1 fully saturated rings. The summed E-state index contributed by atoms with van der Waals surface area (Å²) in [6, 6.07) is 13.9. The maximum Gasteiger partial charge on any atom is 0.256 e. The Kier molecular flexibility index (Phi) is 4.94. The summed E-state index contributed by atoms with van der Waals surface area (Å²) in [7, 11) is 0. The highest BCUT2D eigenvalue weighted by molar-refractivity contribution is 6.31. The van der Waals surface area contributed by atoms with E-state index in [4.69, 9.17) is 11.6 Å². The van der Waals surface area contributed by atoms with Crippen LogP contribution in [0, 0.1) is 5.82 Å². The van der Waals surface area contributed by atoms with Gasteiger partial charge in [-0.1, -0.05) is 41.9 Å². The van der Waals surface area contributed by atoms with E-state index in [0.29, 0.717) is 13.1 Å². The molecule has 0 bridgehead atoms. The topological polar surface area (TPSA) is 23.6 Å². The first-order valence-electron chi connectivity index (χ1n) is 7.65. The van der Waals surface area contributed by atoms with Crippen molar-refractivity contribution in [2.45, 2.75) is 6.54 Å². The third kappa shape index (κ3) is 3.71. The Morgan fingerprint density at radius 1 is 1.00 bits per heavy atom. The van der Waals surface area contributed by atoms with Crippen molar-refractivity contribution < 1.29 is 9.18 Å². The molecule has 1 amide bonds. The van der Waals surface area contributed by atoms with Crippen LogP contribution in [0.3, 0.4) is 0 Å². The van der Waals surface area contributed by atoms with Gasteiger partial charge in [0.15, 0.2) is 0 Å². The van der Waals surface area contributed by atoms with Crippen LogP contribution >= 0.6 is 11.6 Å². The standard InChI is InChI=1S/C18H18ClFN2O/c19-16-7-3-1-5-14(16)13-21-9-11-22(12-10-21)18(23)15-6-2-4-8-17(15)20/h1-8H,9-13H2. The lowest BCUT2D eigenvalue weighted by atomic mass is 10.1. The third-order valence-corrected chi connectivity index (χ3v) is 4.48. The molecule has 0 N–H and O–H groups in total. The largest absolute Gasteiger partial charge is 0.336 e. The number of halogens is 2. The molecule has 0 aliphatic carbocycles. The number of hydrogen-bond acceptors (Lipinski definition) is 2. The van der Waals surface area contributed by atoms with Crippen molar-refractivity contribution in [1.29, 1.82) is 0 Å². The highest BCUT2D eigenvalue weighted by Crippen LogP contribution is 2.18. The highest BCUT2D eigenvalue weighted by atomic mass is 35.5. The molecule has 3 nitrogen and oxygen atoms in total. The minimum atomic E-state index is -0.462. The second kappa shape index (κ2) is 7.11. The van der Waals surface area contributed by atoms with E-state index in [1.165, 1.54) is 12.1 Å². The SMILES string of the molecule is O=C(c1ccccc1F)N1CCN(Cc2ccccc2Cl)CC1. The van der Waals surface area contributed by atoms with Crippen molar-refractivity contribution in [2.75, 3.05) is 26.2 Å². The average molecular weight is 333 g/mol. The average Bonchev–Trinajstić information content (AvgIpc) is 2.57. The van der Waals surface area contributed by atoms with Crippen LogP contribution in [-0.4, -0.2) is 41.9 Å². The molecule has 120 valence electrons. The second-order valence-corrected chi connectivity index (χ2v) is 6.05. The molecular weight excluding hydrogens is 315 g/mol. The molecule has 0 saturated carbocycles. The van der Waals surface area contributed by atoms with Crippen LogP contribution in [0.4, 0.5) is 4.39 Å². The molecule has 0 atom stereocenters. The fourth-order valence-electron chi connectivity index (χ4n) is 2.78. The summed E-state index contributed by atoms with van der Waals surface area (Å²) in [6.45, 7) is 3.47. The van der Waals surface area contributed by atoms with E-state index >= 15 is 0 Å². The monoisotopic (exact) mass is 332 g/mol. The van der Waals surface area contributed by atoms with Gasteiger partial charge in [-0.25, -0.2) is 4.39 Å². The molecule has 5 heteroatoms. The van der Waals surface area contributed by atoms with Crippen molar-refractivity contribution in [1.82, 2.24) is 9.80 Å². The van der Waals surface area contributed by atoms with Crippen molar-refractivity contribution in [2.24, 2.45) is 0 Å². The lowest BCUT2D eigenvalue weighted by Gasteiger charge is -2.35. The summed E-state index contributed by atoms with van der Waals surface area (Å²) in [5.41, 5.74) is 1.23. The molecule has 1 aliphatic heterocycles. The van der Waals surface area contributed by atoms with E-state index in [9.17, 15) is 9.18 Å². The molecule has 0 spiro atoms. The molecule has 2 aromatic carbocycles. The van der Waals surface area contributed by atoms with Crippen LogP contribution in [0.1, 0.15) is 15.9 Å². The fourth-order valence-corrected chi connectivity index (χ4v) is 2.98. The number of nitrogens with zero attached hydrogens (tertiary/aromatic N) is 2. The number of benzene rings is 2. The fraction of sp³-hybridized carbons (Fsp3) is 0.278. The quantitative estimate of drug-likeness (QED) is 0.859. The maximum atomic E-state index is 13.7. The number of hydrogen-bond donors (Lipinski definition) is 0. The normalized spacial score (nSPS) is 15.7. The van der Waals surface area contributed by atoms with Gasteiger partial charge in [0, 0.05) is 37.7 Å². The van der Waals surface area contributed by atoms with Gasteiger partial charge in [0.2, 0.25) is 0 Å². The van der Waals surface area contributed by atoms with Crippen LogP contribution in [0.15, 0.2) is 48.5 Å². The second-order valence-electron chi connectivity index (χ2n) is 5.64. The van der Waals surface area contributed by atoms with Gasteiger partial charge in [-0.15, -0.1) is 0 Å².